The molecule has 0 saturated carbocycles. The van der Waals surface area contributed by atoms with Crippen LogP contribution < -0.4 is 0 Å². The number of halogens is 1. The predicted molar refractivity (Wildman–Crippen MR) is 83.4 cm³/mol. The van der Waals surface area contributed by atoms with Crippen molar-refractivity contribution in [2.24, 2.45) is 0 Å². The van der Waals surface area contributed by atoms with Gasteiger partial charge in [-0.05, 0) is 25.0 Å². The van der Waals surface area contributed by atoms with Crippen LogP contribution >= 0.6 is 27.3 Å². The molecule has 0 amide bonds. The van der Waals surface area contributed by atoms with E-state index in [2.05, 4.69) is 41.9 Å². The van der Waals surface area contributed by atoms with Crippen molar-refractivity contribution >= 4 is 27.3 Å². The number of hydrogen-bond donors (Lipinski definition) is 0. The molecule has 0 aliphatic rings. The Kier molecular flexibility index (Phi) is 8.21. The average Bonchev–Trinajstić information content (AvgIpc) is 2.82. The Morgan fingerprint density at radius 1 is 1.06 bits per heavy atom. The van der Waals surface area contributed by atoms with Crippen LogP contribution in [0.3, 0.4) is 0 Å². The Morgan fingerprint density at radius 3 is 2.41 bits per heavy atom. The molecular weight excluding hydrogens is 292 g/mol. The summed E-state index contributed by atoms with van der Waals surface area (Å²) in [5.41, 5.74) is 0. The number of aryl methyl sites for hydroxylation is 1. The summed E-state index contributed by atoms with van der Waals surface area (Å²) in [5.74, 6) is 0. The van der Waals surface area contributed by atoms with E-state index in [1.807, 2.05) is 11.3 Å². The van der Waals surface area contributed by atoms with Crippen molar-refractivity contribution in [1.29, 1.82) is 0 Å². The smallest absolute Gasteiger partial charge is 0.0489 e. The van der Waals surface area contributed by atoms with Crippen molar-refractivity contribution in [3.8, 4) is 0 Å². The molecule has 1 heterocycles. The summed E-state index contributed by atoms with van der Waals surface area (Å²) in [7, 11) is 0. The van der Waals surface area contributed by atoms with Crippen molar-refractivity contribution < 1.29 is 0 Å². The van der Waals surface area contributed by atoms with Gasteiger partial charge in [0.15, 0.2) is 0 Å². The normalized spacial score (nSPS) is 12.9. The molecule has 1 atom stereocenters. The minimum atomic E-state index is 0.582. The van der Waals surface area contributed by atoms with Gasteiger partial charge in [0, 0.05) is 14.6 Å². The molecule has 0 saturated heterocycles. The molecule has 17 heavy (non-hydrogen) atoms. The molecule has 0 aliphatic heterocycles. The highest BCUT2D eigenvalue weighted by Gasteiger charge is 2.09. The van der Waals surface area contributed by atoms with Gasteiger partial charge in [-0.1, -0.05) is 68.3 Å². The van der Waals surface area contributed by atoms with E-state index in [0.29, 0.717) is 4.83 Å². The molecule has 2 heteroatoms. The van der Waals surface area contributed by atoms with E-state index in [1.165, 1.54) is 61.1 Å². The Morgan fingerprint density at radius 2 is 1.76 bits per heavy atom. The summed E-state index contributed by atoms with van der Waals surface area (Å²) in [6, 6.07) is 4.56. The fourth-order valence-corrected chi connectivity index (χ4v) is 3.72. The molecule has 0 nitrogen and oxygen atoms in total. The maximum Gasteiger partial charge on any atom is 0.0489 e. The molecule has 0 radical (unpaired) electrons. The zero-order valence-corrected chi connectivity index (χ0v) is 13.6. The first-order valence-electron chi connectivity index (χ1n) is 7.00. The average molecular weight is 317 g/mol. The van der Waals surface area contributed by atoms with Crippen molar-refractivity contribution in [2.45, 2.75) is 70.0 Å². The van der Waals surface area contributed by atoms with Crippen LogP contribution in [-0.4, -0.2) is 0 Å². The number of hydrogen-bond acceptors (Lipinski definition) is 1. The monoisotopic (exact) mass is 316 g/mol. The topological polar surface area (TPSA) is 0 Å². The minimum absolute atomic E-state index is 0.582. The van der Waals surface area contributed by atoms with Crippen LogP contribution in [0, 0.1) is 0 Å². The Hall–Kier alpha value is 0.180. The lowest BCUT2D eigenvalue weighted by Crippen LogP contribution is -1.87. The molecule has 0 aliphatic carbocycles. The van der Waals surface area contributed by atoms with Gasteiger partial charge in [0.1, 0.15) is 0 Å². The SMILES string of the molecule is CCCCCCCCC(Br)c1ccc(CC)s1. The van der Waals surface area contributed by atoms with Crippen LogP contribution in [0.5, 0.6) is 0 Å². The first-order chi connectivity index (χ1) is 8.27. The van der Waals surface area contributed by atoms with Gasteiger partial charge in [0.05, 0.1) is 0 Å². The summed E-state index contributed by atoms with van der Waals surface area (Å²) in [5, 5.41) is 0. The Bertz CT molecular complexity index is 293. The van der Waals surface area contributed by atoms with Gasteiger partial charge in [-0.3, -0.25) is 0 Å². The van der Waals surface area contributed by atoms with Gasteiger partial charge in [-0.15, -0.1) is 11.3 Å². The number of thiophene rings is 1. The molecule has 0 aromatic carbocycles. The molecule has 1 aromatic rings. The second-order valence-corrected chi connectivity index (χ2v) is 6.99. The fourth-order valence-electron chi connectivity index (χ4n) is 2.00. The summed E-state index contributed by atoms with van der Waals surface area (Å²) < 4.78 is 0. The summed E-state index contributed by atoms with van der Waals surface area (Å²) in [6.07, 6.45) is 10.8. The molecular formula is C15H25BrS. The molecule has 0 N–H and O–H groups in total. The van der Waals surface area contributed by atoms with Crippen molar-refractivity contribution in [3.05, 3.63) is 21.9 Å². The zero-order chi connectivity index (χ0) is 12.5. The second kappa shape index (κ2) is 9.16. The third kappa shape index (κ3) is 6.05. The first kappa shape index (κ1) is 15.2. The highest BCUT2D eigenvalue weighted by Crippen LogP contribution is 2.33. The van der Waals surface area contributed by atoms with Crippen LogP contribution in [0.1, 0.15) is 73.4 Å². The van der Waals surface area contributed by atoms with Crippen LogP contribution in [0.15, 0.2) is 12.1 Å². The van der Waals surface area contributed by atoms with Gasteiger partial charge >= 0.3 is 0 Å². The number of unbranched alkanes of at least 4 members (excludes halogenated alkanes) is 5. The van der Waals surface area contributed by atoms with Gasteiger partial charge in [0.2, 0.25) is 0 Å². The minimum Gasteiger partial charge on any atom is -0.144 e. The van der Waals surface area contributed by atoms with E-state index < -0.39 is 0 Å². The molecule has 1 aromatic heterocycles. The lowest BCUT2D eigenvalue weighted by Gasteiger charge is -2.07. The summed E-state index contributed by atoms with van der Waals surface area (Å²) in [4.78, 5) is 3.60. The largest absolute Gasteiger partial charge is 0.144 e. The van der Waals surface area contributed by atoms with Gasteiger partial charge in [0.25, 0.3) is 0 Å². The molecule has 0 spiro atoms. The predicted octanol–water partition coefficient (Wildman–Crippen LogP) is 6.50. The van der Waals surface area contributed by atoms with Gasteiger partial charge in [-0.2, -0.15) is 0 Å². The number of alkyl halides is 1. The third-order valence-electron chi connectivity index (χ3n) is 3.15. The lowest BCUT2D eigenvalue weighted by molar-refractivity contribution is 0.589. The maximum absolute atomic E-state index is 3.82. The van der Waals surface area contributed by atoms with Gasteiger partial charge in [-0.25, -0.2) is 0 Å². The maximum atomic E-state index is 3.82. The Balaban J connectivity index is 2.14. The first-order valence-corrected chi connectivity index (χ1v) is 8.73. The highest BCUT2D eigenvalue weighted by molar-refractivity contribution is 9.09. The third-order valence-corrected chi connectivity index (χ3v) is 5.75. The Labute approximate surface area is 119 Å². The lowest BCUT2D eigenvalue weighted by atomic mass is 10.1. The van der Waals surface area contributed by atoms with Crippen LogP contribution in [0.2, 0.25) is 0 Å². The number of rotatable bonds is 9. The zero-order valence-electron chi connectivity index (χ0n) is 11.2. The van der Waals surface area contributed by atoms with E-state index in [0.717, 1.165) is 0 Å². The standard InChI is InChI=1S/C15H25BrS/c1-3-5-6-7-8-9-10-14(16)15-12-11-13(4-2)17-15/h11-12,14H,3-10H2,1-2H3. The van der Waals surface area contributed by atoms with E-state index in [9.17, 15) is 0 Å². The van der Waals surface area contributed by atoms with E-state index >= 15 is 0 Å². The van der Waals surface area contributed by atoms with Crippen molar-refractivity contribution in [3.63, 3.8) is 0 Å². The quantitative estimate of drug-likeness (QED) is 0.360. The molecule has 0 fully saturated rings. The molecule has 0 bridgehead atoms. The van der Waals surface area contributed by atoms with Crippen molar-refractivity contribution in [2.75, 3.05) is 0 Å². The van der Waals surface area contributed by atoms with E-state index in [1.54, 1.807) is 0 Å². The molecule has 1 unspecified atom stereocenters. The van der Waals surface area contributed by atoms with Crippen LogP contribution in [0.4, 0.5) is 0 Å². The molecule has 98 valence electrons. The van der Waals surface area contributed by atoms with Crippen LogP contribution in [-0.2, 0) is 6.42 Å². The fraction of sp³-hybridized carbons (Fsp3) is 0.733. The van der Waals surface area contributed by atoms with Gasteiger partial charge < -0.3 is 0 Å². The second-order valence-electron chi connectivity index (χ2n) is 4.68. The van der Waals surface area contributed by atoms with E-state index in [4.69, 9.17) is 0 Å². The van der Waals surface area contributed by atoms with Crippen molar-refractivity contribution in [1.82, 2.24) is 0 Å². The summed E-state index contributed by atoms with van der Waals surface area (Å²) in [6.45, 7) is 4.50. The molecule has 1 rings (SSSR count). The van der Waals surface area contributed by atoms with Crippen LogP contribution in [0.25, 0.3) is 0 Å². The summed E-state index contributed by atoms with van der Waals surface area (Å²) >= 11 is 5.79. The highest BCUT2D eigenvalue weighted by atomic mass is 79.9. The van der Waals surface area contributed by atoms with E-state index in [-0.39, 0.29) is 0 Å².